The van der Waals surface area contributed by atoms with Gasteiger partial charge < -0.3 is 10.1 Å². The largest absolute Gasteiger partial charge is 0.481 e. The lowest BCUT2D eigenvalue weighted by Crippen LogP contribution is -2.47. The molecule has 1 aliphatic carbocycles. The highest BCUT2D eigenvalue weighted by molar-refractivity contribution is 5.97. The summed E-state index contributed by atoms with van der Waals surface area (Å²) in [7, 11) is 0. The summed E-state index contributed by atoms with van der Waals surface area (Å²) >= 11 is 0. The van der Waals surface area contributed by atoms with Crippen LogP contribution in [0.2, 0.25) is 0 Å². The highest BCUT2D eigenvalue weighted by Gasteiger charge is 2.29. The lowest BCUT2D eigenvalue weighted by molar-refractivity contribution is -0.128. The van der Waals surface area contributed by atoms with Crippen molar-refractivity contribution in [2.24, 2.45) is 5.92 Å². The van der Waals surface area contributed by atoms with Crippen LogP contribution in [0.3, 0.4) is 0 Å². The van der Waals surface area contributed by atoms with E-state index in [1.165, 1.54) is 0 Å². The molecule has 0 spiro atoms. The maximum atomic E-state index is 12.2. The van der Waals surface area contributed by atoms with Crippen LogP contribution >= 0.6 is 0 Å². The maximum absolute atomic E-state index is 12.2. The standard InChI is InChI=1S/C22H25N3O4/c1-13-5-4-6-19(14(13)2)29-15(3)20(26)24-25-22(28)17-9-11-18(12-10-17)23-21(27)16-7-8-16/h4-6,9-12,15-16H,7-8H2,1-3H3,(H,23,27)(H,24,26)(H,25,28). The van der Waals surface area contributed by atoms with Gasteiger partial charge in [-0.1, -0.05) is 12.1 Å². The van der Waals surface area contributed by atoms with E-state index in [0.29, 0.717) is 17.0 Å². The molecule has 0 saturated heterocycles. The van der Waals surface area contributed by atoms with Crippen molar-refractivity contribution in [1.29, 1.82) is 0 Å². The average molecular weight is 395 g/mol. The van der Waals surface area contributed by atoms with E-state index in [2.05, 4.69) is 16.2 Å². The van der Waals surface area contributed by atoms with E-state index < -0.39 is 17.9 Å². The fourth-order valence-electron chi connectivity index (χ4n) is 2.68. The number of aryl methyl sites for hydroxylation is 1. The summed E-state index contributed by atoms with van der Waals surface area (Å²) in [5.74, 6) is -0.180. The minimum absolute atomic E-state index is 0.00676. The molecule has 7 nitrogen and oxygen atoms in total. The molecule has 0 bridgehead atoms. The van der Waals surface area contributed by atoms with Crippen LogP contribution in [0.25, 0.3) is 0 Å². The number of hydrogen-bond donors (Lipinski definition) is 3. The van der Waals surface area contributed by atoms with Crippen molar-refractivity contribution in [1.82, 2.24) is 10.9 Å². The number of rotatable bonds is 6. The zero-order chi connectivity index (χ0) is 21.0. The van der Waals surface area contributed by atoms with E-state index in [0.717, 1.165) is 24.0 Å². The van der Waals surface area contributed by atoms with Gasteiger partial charge in [-0.05, 0) is 75.1 Å². The quantitative estimate of drug-likeness (QED) is 0.655. The minimum atomic E-state index is -0.782. The van der Waals surface area contributed by atoms with Gasteiger partial charge in [0.05, 0.1) is 0 Å². The Morgan fingerprint density at radius 2 is 1.69 bits per heavy atom. The van der Waals surface area contributed by atoms with Crippen LogP contribution in [0.1, 0.15) is 41.3 Å². The molecule has 1 unspecified atom stereocenters. The van der Waals surface area contributed by atoms with E-state index in [1.807, 2.05) is 26.0 Å². The van der Waals surface area contributed by atoms with Crippen molar-refractivity contribution in [2.45, 2.75) is 39.7 Å². The van der Waals surface area contributed by atoms with Crippen LogP contribution in [-0.4, -0.2) is 23.8 Å². The molecule has 0 aliphatic heterocycles. The first kappa shape index (κ1) is 20.4. The molecule has 0 heterocycles. The van der Waals surface area contributed by atoms with Crippen LogP contribution in [0, 0.1) is 19.8 Å². The van der Waals surface area contributed by atoms with Gasteiger partial charge in [0.25, 0.3) is 11.8 Å². The molecule has 1 atom stereocenters. The first-order valence-corrected chi connectivity index (χ1v) is 9.59. The normalized spacial score (nSPS) is 13.9. The summed E-state index contributed by atoms with van der Waals surface area (Å²) in [5.41, 5.74) is 7.77. The van der Waals surface area contributed by atoms with Crippen LogP contribution in [0.4, 0.5) is 5.69 Å². The van der Waals surface area contributed by atoms with E-state index in [-0.39, 0.29) is 11.8 Å². The lowest BCUT2D eigenvalue weighted by Gasteiger charge is -2.17. The Morgan fingerprint density at radius 3 is 2.34 bits per heavy atom. The molecule has 1 saturated carbocycles. The van der Waals surface area contributed by atoms with Gasteiger partial charge >= 0.3 is 0 Å². The molecule has 2 aromatic carbocycles. The summed E-state index contributed by atoms with van der Waals surface area (Å²) in [6.07, 6.45) is 1.07. The molecule has 0 aromatic heterocycles. The first-order valence-electron chi connectivity index (χ1n) is 9.59. The highest BCUT2D eigenvalue weighted by atomic mass is 16.5. The van der Waals surface area contributed by atoms with Crippen LogP contribution in [0.5, 0.6) is 5.75 Å². The molecule has 29 heavy (non-hydrogen) atoms. The lowest BCUT2D eigenvalue weighted by atomic mass is 10.1. The third-order valence-electron chi connectivity index (χ3n) is 4.89. The molecule has 3 rings (SSSR count). The number of carbonyl (C=O) groups excluding carboxylic acids is 3. The SMILES string of the molecule is Cc1cccc(OC(C)C(=O)NNC(=O)c2ccc(NC(=O)C3CC3)cc2)c1C. The highest BCUT2D eigenvalue weighted by Crippen LogP contribution is 2.30. The average Bonchev–Trinajstić information content (AvgIpc) is 3.55. The molecule has 2 aromatic rings. The minimum Gasteiger partial charge on any atom is -0.481 e. The van der Waals surface area contributed by atoms with Crippen molar-refractivity contribution < 1.29 is 19.1 Å². The Morgan fingerprint density at radius 1 is 1.00 bits per heavy atom. The Balaban J connectivity index is 1.49. The Kier molecular flexibility index (Phi) is 6.16. The third-order valence-corrected chi connectivity index (χ3v) is 4.89. The summed E-state index contributed by atoms with van der Waals surface area (Å²) in [4.78, 5) is 36.2. The number of ether oxygens (including phenoxy) is 1. The van der Waals surface area contributed by atoms with Crippen molar-refractivity contribution in [2.75, 3.05) is 5.32 Å². The maximum Gasteiger partial charge on any atom is 0.279 e. The third kappa shape index (κ3) is 5.34. The Labute approximate surface area is 169 Å². The second-order valence-electron chi connectivity index (χ2n) is 7.24. The second kappa shape index (κ2) is 8.77. The van der Waals surface area contributed by atoms with Crippen LogP contribution in [0.15, 0.2) is 42.5 Å². The number of hydrazine groups is 1. The number of nitrogens with one attached hydrogen (secondary N) is 3. The van der Waals surface area contributed by atoms with Gasteiger partial charge in [-0.2, -0.15) is 0 Å². The number of anilines is 1. The molecule has 0 radical (unpaired) electrons. The number of benzene rings is 2. The van der Waals surface area contributed by atoms with Gasteiger partial charge in [0.1, 0.15) is 5.75 Å². The zero-order valence-electron chi connectivity index (χ0n) is 16.7. The second-order valence-corrected chi connectivity index (χ2v) is 7.24. The topological polar surface area (TPSA) is 96.5 Å². The van der Waals surface area contributed by atoms with Gasteiger partial charge in [-0.3, -0.25) is 25.2 Å². The van der Waals surface area contributed by atoms with Gasteiger partial charge in [0, 0.05) is 17.2 Å². The van der Waals surface area contributed by atoms with E-state index in [9.17, 15) is 14.4 Å². The molecule has 7 heteroatoms. The fourth-order valence-corrected chi connectivity index (χ4v) is 2.68. The van der Waals surface area contributed by atoms with E-state index in [1.54, 1.807) is 37.3 Å². The van der Waals surface area contributed by atoms with Crippen LogP contribution in [-0.2, 0) is 9.59 Å². The Bertz CT molecular complexity index is 920. The fraction of sp³-hybridized carbons (Fsp3) is 0.318. The smallest absolute Gasteiger partial charge is 0.279 e. The van der Waals surface area contributed by atoms with Gasteiger partial charge in [0.15, 0.2) is 6.10 Å². The molecular weight excluding hydrogens is 370 g/mol. The van der Waals surface area contributed by atoms with Gasteiger partial charge in [-0.25, -0.2) is 0 Å². The number of amides is 3. The molecule has 1 aliphatic rings. The molecule has 3 N–H and O–H groups in total. The van der Waals surface area contributed by atoms with Gasteiger partial charge in [0.2, 0.25) is 5.91 Å². The summed E-state index contributed by atoms with van der Waals surface area (Å²) < 4.78 is 5.70. The molecule has 1 fully saturated rings. The monoisotopic (exact) mass is 395 g/mol. The summed E-state index contributed by atoms with van der Waals surface area (Å²) in [5, 5.41) is 2.81. The van der Waals surface area contributed by atoms with Crippen molar-refractivity contribution in [3.63, 3.8) is 0 Å². The summed E-state index contributed by atoms with van der Waals surface area (Å²) in [6, 6.07) is 12.1. The van der Waals surface area contributed by atoms with E-state index >= 15 is 0 Å². The van der Waals surface area contributed by atoms with Crippen molar-refractivity contribution in [3.05, 3.63) is 59.2 Å². The first-order chi connectivity index (χ1) is 13.8. The van der Waals surface area contributed by atoms with E-state index in [4.69, 9.17) is 4.74 Å². The summed E-state index contributed by atoms with van der Waals surface area (Å²) in [6.45, 7) is 5.50. The number of carbonyl (C=O) groups is 3. The molecular formula is C22H25N3O4. The zero-order valence-corrected chi connectivity index (χ0v) is 16.7. The number of hydrogen-bond acceptors (Lipinski definition) is 4. The van der Waals surface area contributed by atoms with Crippen molar-refractivity contribution >= 4 is 23.4 Å². The predicted octanol–water partition coefficient (Wildman–Crippen LogP) is 2.88. The predicted molar refractivity (Wildman–Crippen MR) is 109 cm³/mol. The molecule has 3 amide bonds. The Hall–Kier alpha value is -3.35. The van der Waals surface area contributed by atoms with Crippen LogP contribution < -0.4 is 20.9 Å². The van der Waals surface area contributed by atoms with Gasteiger partial charge in [-0.15, -0.1) is 0 Å². The van der Waals surface area contributed by atoms with Crippen molar-refractivity contribution in [3.8, 4) is 5.75 Å². The molecule has 152 valence electrons.